The lowest BCUT2D eigenvalue weighted by Gasteiger charge is -2.08. The van der Waals surface area contributed by atoms with E-state index in [0.717, 1.165) is 22.0 Å². The number of nitrogens with two attached hydrogens (primary N) is 1. The lowest BCUT2D eigenvalue weighted by atomic mass is 10.0. The number of aromatic nitrogens is 3. The van der Waals surface area contributed by atoms with Crippen LogP contribution in [0.5, 0.6) is 0 Å². The molecule has 0 fully saturated rings. The topological polar surface area (TPSA) is 97.6 Å². The van der Waals surface area contributed by atoms with Crippen molar-refractivity contribution in [2.45, 2.75) is 0 Å². The molecule has 0 spiro atoms. The van der Waals surface area contributed by atoms with Crippen LogP contribution in [0.2, 0.25) is 5.15 Å². The van der Waals surface area contributed by atoms with E-state index in [0.29, 0.717) is 21.8 Å². The molecule has 0 saturated heterocycles. The van der Waals surface area contributed by atoms with Gasteiger partial charge >= 0.3 is 0 Å². The third-order valence-electron chi connectivity index (χ3n) is 4.38. The van der Waals surface area contributed by atoms with Crippen molar-refractivity contribution in [1.29, 1.82) is 5.26 Å². The number of rotatable bonds is 2. The highest BCUT2D eigenvalue weighted by molar-refractivity contribution is 6.29. The number of halogens is 1. The standard InChI is InChI=1S/C19H12ClN5O/c1-25-15-9-23-12(8-21)7-13(15)17(19(22)26)18(25)11-2-4-14-10(6-11)3-5-16(20)24-14/h2-7,9H,1H3,(H2,22,26). The van der Waals surface area contributed by atoms with Crippen LogP contribution in [0.4, 0.5) is 0 Å². The Morgan fingerprint density at radius 2 is 2.08 bits per heavy atom. The Labute approximate surface area is 153 Å². The third kappa shape index (κ3) is 2.38. The highest BCUT2D eigenvalue weighted by Gasteiger charge is 2.21. The predicted octanol–water partition coefficient (Wildman–Crippen LogP) is 3.41. The van der Waals surface area contributed by atoms with Gasteiger partial charge in [-0.05, 0) is 35.9 Å². The average Bonchev–Trinajstić information content (AvgIpc) is 2.93. The van der Waals surface area contributed by atoms with Gasteiger partial charge in [-0.15, -0.1) is 0 Å². The van der Waals surface area contributed by atoms with Gasteiger partial charge in [0, 0.05) is 17.8 Å². The van der Waals surface area contributed by atoms with Crippen LogP contribution in [0.1, 0.15) is 16.1 Å². The monoisotopic (exact) mass is 361 g/mol. The first-order chi connectivity index (χ1) is 12.5. The van der Waals surface area contributed by atoms with Crippen LogP contribution in [0.3, 0.4) is 0 Å². The molecule has 0 aliphatic carbocycles. The van der Waals surface area contributed by atoms with Crippen molar-refractivity contribution >= 4 is 39.3 Å². The second kappa shape index (κ2) is 5.83. The summed E-state index contributed by atoms with van der Waals surface area (Å²) in [6, 6.07) is 12.8. The molecule has 26 heavy (non-hydrogen) atoms. The number of carbonyl (C=O) groups excluding carboxylic acids is 1. The number of benzene rings is 1. The number of carbonyl (C=O) groups is 1. The van der Waals surface area contributed by atoms with E-state index in [1.165, 1.54) is 0 Å². The molecule has 0 radical (unpaired) electrons. The SMILES string of the molecule is Cn1c(-c2ccc3nc(Cl)ccc3c2)c(C(N)=O)c2cc(C#N)ncc21. The largest absolute Gasteiger partial charge is 0.366 e. The Hall–Kier alpha value is -3.43. The highest BCUT2D eigenvalue weighted by Crippen LogP contribution is 2.34. The number of amides is 1. The lowest BCUT2D eigenvalue weighted by molar-refractivity contribution is 0.100. The van der Waals surface area contributed by atoms with Gasteiger partial charge in [-0.25, -0.2) is 9.97 Å². The van der Waals surface area contributed by atoms with Gasteiger partial charge in [0.25, 0.3) is 5.91 Å². The Morgan fingerprint density at radius 1 is 1.27 bits per heavy atom. The maximum atomic E-state index is 12.2. The molecule has 0 bridgehead atoms. The van der Waals surface area contributed by atoms with Crippen molar-refractivity contribution in [2.75, 3.05) is 0 Å². The van der Waals surface area contributed by atoms with Gasteiger partial charge in [-0.1, -0.05) is 17.7 Å². The molecule has 0 saturated carbocycles. The Bertz CT molecular complexity index is 1250. The summed E-state index contributed by atoms with van der Waals surface area (Å²) in [5, 5.41) is 11.0. The van der Waals surface area contributed by atoms with Crippen molar-refractivity contribution in [1.82, 2.24) is 14.5 Å². The van der Waals surface area contributed by atoms with Gasteiger partial charge in [0.1, 0.15) is 16.9 Å². The van der Waals surface area contributed by atoms with E-state index in [-0.39, 0.29) is 5.69 Å². The van der Waals surface area contributed by atoms with Crippen LogP contribution in [0.15, 0.2) is 42.6 Å². The summed E-state index contributed by atoms with van der Waals surface area (Å²) in [6.07, 6.45) is 1.58. The van der Waals surface area contributed by atoms with Crippen molar-refractivity contribution in [2.24, 2.45) is 12.8 Å². The van der Waals surface area contributed by atoms with Crippen LogP contribution < -0.4 is 5.73 Å². The molecule has 1 amide bonds. The molecule has 126 valence electrons. The van der Waals surface area contributed by atoms with E-state index in [9.17, 15) is 4.79 Å². The van der Waals surface area contributed by atoms with Gasteiger partial charge in [0.05, 0.1) is 28.5 Å². The normalized spacial score (nSPS) is 11.0. The molecule has 3 heterocycles. The molecule has 1 aromatic carbocycles. The van der Waals surface area contributed by atoms with Gasteiger partial charge in [-0.3, -0.25) is 4.79 Å². The zero-order valence-corrected chi connectivity index (χ0v) is 14.4. The summed E-state index contributed by atoms with van der Waals surface area (Å²) in [5.41, 5.74) is 9.23. The highest BCUT2D eigenvalue weighted by atomic mass is 35.5. The van der Waals surface area contributed by atoms with E-state index in [4.69, 9.17) is 22.6 Å². The molecular weight excluding hydrogens is 350 g/mol. The summed E-state index contributed by atoms with van der Waals surface area (Å²) in [7, 11) is 1.84. The molecular formula is C19H12ClN5O. The van der Waals surface area contributed by atoms with E-state index in [1.54, 1.807) is 18.3 Å². The maximum absolute atomic E-state index is 12.2. The third-order valence-corrected chi connectivity index (χ3v) is 4.59. The summed E-state index contributed by atoms with van der Waals surface area (Å²) in [6.45, 7) is 0. The fraction of sp³-hybridized carbons (Fsp3) is 0.0526. The maximum Gasteiger partial charge on any atom is 0.251 e. The second-order valence-corrected chi connectivity index (χ2v) is 6.27. The lowest BCUT2D eigenvalue weighted by Crippen LogP contribution is -2.12. The zero-order valence-electron chi connectivity index (χ0n) is 13.7. The molecule has 0 unspecified atom stereocenters. The molecule has 2 N–H and O–H groups in total. The van der Waals surface area contributed by atoms with Crippen molar-refractivity contribution in [3.63, 3.8) is 0 Å². The number of hydrogen-bond donors (Lipinski definition) is 1. The molecule has 0 aliphatic rings. The van der Waals surface area contributed by atoms with Crippen LogP contribution in [0.25, 0.3) is 33.1 Å². The Morgan fingerprint density at radius 3 is 2.81 bits per heavy atom. The molecule has 0 aliphatic heterocycles. The number of fused-ring (bicyclic) bond motifs is 2. The molecule has 6 nitrogen and oxygen atoms in total. The molecule has 3 aromatic heterocycles. The van der Waals surface area contributed by atoms with Gasteiger partial charge in [0.15, 0.2) is 0 Å². The van der Waals surface area contributed by atoms with Crippen molar-refractivity contribution in [3.05, 3.63) is 59.0 Å². The molecule has 0 atom stereocenters. The van der Waals surface area contributed by atoms with Crippen molar-refractivity contribution < 1.29 is 4.79 Å². The van der Waals surface area contributed by atoms with Crippen LogP contribution >= 0.6 is 11.6 Å². The first-order valence-corrected chi connectivity index (χ1v) is 8.12. The minimum absolute atomic E-state index is 0.231. The van der Waals surface area contributed by atoms with Crippen LogP contribution in [-0.2, 0) is 7.05 Å². The fourth-order valence-corrected chi connectivity index (χ4v) is 3.38. The van der Waals surface area contributed by atoms with E-state index in [2.05, 4.69) is 9.97 Å². The van der Waals surface area contributed by atoms with Crippen LogP contribution in [-0.4, -0.2) is 20.4 Å². The van der Waals surface area contributed by atoms with E-state index in [1.807, 2.05) is 41.9 Å². The minimum Gasteiger partial charge on any atom is -0.366 e. The number of aryl methyl sites for hydroxylation is 1. The first-order valence-electron chi connectivity index (χ1n) is 7.74. The average molecular weight is 362 g/mol. The number of nitriles is 1. The van der Waals surface area contributed by atoms with E-state index >= 15 is 0 Å². The summed E-state index contributed by atoms with van der Waals surface area (Å²) >= 11 is 5.94. The number of nitrogens with zero attached hydrogens (tertiary/aromatic N) is 4. The molecule has 4 rings (SSSR count). The van der Waals surface area contributed by atoms with Crippen molar-refractivity contribution in [3.8, 4) is 17.3 Å². The minimum atomic E-state index is -0.560. The number of hydrogen-bond acceptors (Lipinski definition) is 4. The second-order valence-electron chi connectivity index (χ2n) is 5.89. The van der Waals surface area contributed by atoms with Gasteiger partial charge in [0.2, 0.25) is 0 Å². The van der Waals surface area contributed by atoms with Crippen LogP contribution in [0, 0.1) is 11.3 Å². The fourth-order valence-electron chi connectivity index (χ4n) is 3.23. The quantitative estimate of drug-likeness (QED) is 0.553. The summed E-state index contributed by atoms with van der Waals surface area (Å²) in [5.74, 6) is -0.560. The Kier molecular flexibility index (Phi) is 3.60. The van der Waals surface area contributed by atoms with E-state index < -0.39 is 5.91 Å². The molecule has 7 heteroatoms. The van der Waals surface area contributed by atoms with Gasteiger partial charge < -0.3 is 10.3 Å². The Balaban J connectivity index is 2.06. The number of pyridine rings is 2. The summed E-state index contributed by atoms with van der Waals surface area (Å²) in [4.78, 5) is 20.6. The summed E-state index contributed by atoms with van der Waals surface area (Å²) < 4.78 is 1.86. The predicted molar refractivity (Wildman–Crippen MR) is 99.7 cm³/mol. The van der Waals surface area contributed by atoms with Gasteiger partial charge in [-0.2, -0.15) is 5.26 Å². The molecule has 4 aromatic rings. The number of primary amides is 1. The first kappa shape index (κ1) is 16.1. The smallest absolute Gasteiger partial charge is 0.251 e. The zero-order chi connectivity index (χ0) is 18.4.